The molecule has 0 saturated carbocycles. The number of aliphatic imine (C=N–C) groups is 1. The molecule has 2 aliphatic rings. The summed E-state index contributed by atoms with van der Waals surface area (Å²) in [5.74, 6) is 1.11. The van der Waals surface area contributed by atoms with E-state index in [1.165, 1.54) is 45.2 Å². The van der Waals surface area contributed by atoms with E-state index in [-0.39, 0.29) is 29.9 Å². The number of carbonyl (C=O) groups excluding carboxylic acids is 1. The molecule has 2 rings (SSSR count). The monoisotopic (exact) mass is 507 g/mol. The molecule has 28 heavy (non-hydrogen) atoms. The van der Waals surface area contributed by atoms with Crippen LogP contribution < -0.4 is 10.6 Å². The van der Waals surface area contributed by atoms with Crippen LogP contribution in [0.25, 0.3) is 0 Å². The Morgan fingerprint density at radius 2 is 1.75 bits per heavy atom. The first kappa shape index (κ1) is 25.5. The summed E-state index contributed by atoms with van der Waals surface area (Å²) in [6.45, 7) is 11.1. The van der Waals surface area contributed by atoms with Gasteiger partial charge in [0, 0.05) is 38.6 Å². The van der Waals surface area contributed by atoms with E-state index in [0.29, 0.717) is 19.0 Å². The average Bonchev–Trinajstić information content (AvgIpc) is 2.94. The zero-order chi connectivity index (χ0) is 19.3. The van der Waals surface area contributed by atoms with Crippen molar-refractivity contribution in [2.75, 3.05) is 45.8 Å². The molecule has 2 fully saturated rings. The Bertz CT molecular complexity index is 452. The number of likely N-dealkylation sites (tertiary alicyclic amines) is 2. The van der Waals surface area contributed by atoms with Gasteiger partial charge >= 0.3 is 0 Å². The molecule has 1 unspecified atom stereocenters. The summed E-state index contributed by atoms with van der Waals surface area (Å²) in [6.07, 6.45) is 10.6. The van der Waals surface area contributed by atoms with Crippen LogP contribution in [-0.4, -0.2) is 73.5 Å². The molecule has 1 amide bonds. The second-order valence-corrected chi connectivity index (χ2v) is 7.98. The van der Waals surface area contributed by atoms with Crippen LogP contribution in [0.5, 0.6) is 0 Å². The highest BCUT2D eigenvalue weighted by molar-refractivity contribution is 14.0. The van der Waals surface area contributed by atoms with Crippen molar-refractivity contribution in [3.63, 3.8) is 0 Å². The summed E-state index contributed by atoms with van der Waals surface area (Å²) >= 11 is 0. The molecule has 2 saturated heterocycles. The minimum Gasteiger partial charge on any atom is -0.357 e. The van der Waals surface area contributed by atoms with Gasteiger partial charge in [0.05, 0.1) is 0 Å². The Hall–Kier alpha value is -0.570. The summed E-state index contributed by atoms with van der Waals surface area (Å²) in [5.41, 5.74) is 0. The van der Waals surface area contributed by atoms with Crippen molar-refractivity contribution in [1.29, 1.82) is 0 Å². The van der Waals surface area contributed by atoms with Crippen LogP contribution >= 0.6 is 24.0 Å². The summed E-state index contributed by atoms with van der Waals surface area (Å²) in [7, 11) is 0. The molecule has 0 aliphatic carbocycles. The van der Waals surface area contributed by atoms with Gasteiger partial charge in [-0.3, -0.25) is 9.79 Å². The highest BCUT2D eigenvalue weighted by Gasteiger charge is 2.22. The van der Waals surface area contributed by atoms with E-state index in [1.807, 2.05) is 0 Å². The van der Waals surface area contributed by atoms with Crippen molar-refractivity contribution < 1.29 is 4.79 Å². The quantitative estimate of drug-likeness (QED) is 0.229. The molecule has 0 spiro atoms. The van der Waals surface area contributed by atoms with Crippen LogP contribution in [0.4, 0.5) is 0 Å². The van der Waals surface area contributed by atoms with Crippen LogP contribution in [0.2, 0.25) is 0 Å². The normalized spacial score (nSPS) is 21.6. The summed E-state index contributed by atoms with van der Waals surface area (Å²) in [5, 5.41) is 6.63. The highest BCUT2D eigenvalue weighted by atomic mass is 127. The molecule has 2 aliphatic heterocycles. The number of piperidine rings is 1. The lowest BCUT2D eigenvalue weighted by Gasteiger charge is -2.33. The molecule has 6 nitrogen and oxygen atoms in total. The highest BCUT2D eigenvalue weighted by Crippen LogP contribution is 2.17. The third kappa shape index (κ3) is 9.76. The number of guanidine groups is 1. The van der Waals surface area contributed by atoms with E-state index in [9.17, 15) is 4.79 Å². The topological polar surface area (TPSA) is 60.0 Å². The predicted octanol–water partition coefficient (Wildman–Crippen LogP) is 3.22. The van der Waals surface area contributed by atoms with Gasteiger partial charge in [-0.15, -0.1) is 24.0 Å². The average molecular weight is 508 g/mol. The summed E-state index contributed by atoms with van der Waals surface area (Å²) < 4.78 is 0. The van der Waals surface area contributed by atoms with Crippen molar-refractivity contribution in [3.8, 4) is 0 Å². The SMILES string of the molecule is CCNC(=NCCCN1CCCCCC1)NCCC(=O)N1CCCCC1C.I. The summed E-state index contributed by atoms with van der Waals surface area (Å²) in [6, 6.07) is 0.396. The van der Waals surface area contributed by atoms with Gasteiger partial charge < -0.3 is 20.4 Å². The molecular weight excluding hydrogens is 465 g/mol. The van der Waals surface area contributed by atoms with Crippen molar-refractivity contribution in [2.45, 2.75) is 77.7 Å². The maximum Gasteiger partial charge on any atom is 0.224 e. The van der Waals surface area contributed by atoms with Gasteiger partial charge in [0.15, 0.2) is 5.96 Å². The molecular formula is C21H42IN5O. The van der Waals surface area contributed by atoms with Gasteiger partial charge in [0.25, 0.3) is 0 Å². The maximum atomic E-state index is 12.4. The number of rotatable bonds is 8. The number of amides is 1. The van der Waals surface area contributed by atoms with E-state index in [0.717, 1.165) is 51.4 Å². The van der Waals surface area contributed by atoms with Crippen LogP contribution in [0.15, 0.2) is 4.99 Å². The molecule has 2 N–H and O–H groups in total. The Morgan fingerprint density at radius 3 is 2.43 bits per heavy atom. The number of carbonyl (C=O) groups is 1. The standard InChI is InChI=1S/C21H41N5O.HI/c1-3-22-21(23-13-10-17-25-15-7-4-5-8-16-25)24-14-12-20(27)26-18-9-6-11-19(26)2;/h19H,3-18H2,1-2H3,(H2,22,23,24);1H. The second-order valence-electron chi connectivity index (χ2n) is 7.98. The van der Waals surface area contributed by atoms with Crippen LogP contribution in [0, 0.1) is 0 Å². The van der Waals surface area contributed by atoms with Gasteiger partial charge in [-0.25, -0.2) is 0 Å². The van der Waals surface area contributed by atoms with Gasteiger partial charge in [-0.05, 0) is 72.0 Å². The zero-order valence-electron chi connectivity index (χ0n) is 18.0. The van der Waals surface area contributed by atoms with Gasteiger partial charge in [-0.1, -0.05) is 12.8 Å². The number of hydrogen-bond donors (Lipinski definition) is 2. The fourth-order valence-electron chi connectivity index (χ4n) is 4.09. The number of nitrogens with zero attached hydrogens (tertiary/aromatic N) is 3. The lowest BCUT2D eigenvalue weighted by Crippen LogP contribution is -2.44. The Labute approximate surface area is 189 Å². The van der Waals surface area contributed by atoms with Gasteiger partial charge in [0.2, 0.25) is 5.91 Å². The molecule has 0 radical (unpaired) electrons. The smallest absolute Gasteiger partial charge is 0.224 e. The third-order valence-corrected chi connectivity index (χ3v) is 5.70. The first-order chi connectivity index (χ1) is 13.2. The molecule has 1 atom stereocenters. The fraction of sp³-hybridized carbons (Fsp3) is 0.905. The summed E-state index contributed by atoms with van der Waals surface area (Å²) in [4.78, 5) is 21.8. The maximum absolute atomic E-state index is 12.4. The van der Waals surface area contributed by atoms with Gasteiger partial charge in [-0.2, -0.15) is 0 Å². The van der Waals surface area contributed by atoms with E-state index in [2.05, 4.69) is 39.3 Å². The fourth-order valence-corrected chi connectivity index (χ4v) is 4.09. The molecule has 0 aromatic heterocycles. The first-order valence-electron chi connectivity index (χ1n) is 11.2. The molecule has 7 heteroatoms. The van der Waals surface area contributed by atoms with E-state index in [1.54, 1.807) is 0 Å². The lowest BCUT2D eigenvalue weighted by molar-refractivity contribution is -0.134. The van der Waals surface area contributed by atoms with E-state index >= 15 is 0 Å². The number of hydrogen-bond acceptors (Lipinski definition) is 3. The van der Waals surface area contributed by atoms with E-state index < -0.39 is 0 Å². The van der Waals surface area contributed by atoms with Crippen molar-refractivity contribution in [1.82, 2.24) is 20.4 Å². The number of halogens is 1. The van der Waals surface area contributed by atoms with Gasteiger partial charge in [0.1, 0.15) is 0 Å². The van der Waals surface area contributed by atoms with Crippen LogP contribution in [0.1, 0.15) is 71.6 Å². The van der Waals surface area contributed by atoms with Crippen molar-refractivity contribution in [3.05, 3.63) is 0 Å². The molecule has 0 bridgehead atoms. The predicted molar refractivity (Wildman–Crippen MR) is 129 cm³/mol. The van der Waals surface area contributed by atoms with E-state index in [4.69, 9.17) is 0 Å². The Morgan fingerprint density at radius 1 is 1.04 bits per heavy atom. The third-order valence-electron chi connectivity index (χ3n) is 5.70. The minimum absolute atomic E-state index is 0. The second kappa shape index (κ2) is 15.3. The van der Waals surface area contributed by atoms with Crippen LogP contribution in [0.3, 0.4) is 0 Å². The lowest BCUT2D eigenvalue weighted by atomic mass is 10.0. The van der Waals surface area contributed by atoms with Crippen molar-refractivity contribution >= 4 is 35.8 Å². The molecule has 0 aromatic carbocycles. The molecule has 2 heterocycles. The Balaban J connectivity index is 0.00000392. The molecule has 164 valence electrons. The zero-order valence-corrected chi connectivity index (χ0v) is 20.4. The Kier molecular flexibility index (Phi) is 13.9. The minimum atomic E-state index is 0. The largest absolute Gasteiger partial charge is 0.357 e. The molecule has 0 aromatic rings. The number of nitrogens with one attached hydrogen (secondary N) is 2. The van der Waals surface area contributed by atoms with Crippen molar-refractivity contribution in [2.24, 2.45) is 4.99 Å². The first-order valence-corrected chi connectivity index (χ1v) is 11.2. The van der Waals surface area contributed by atoms with Crippen LogP contribution in [-0.2, 0) is 4.79 Å².